The van der Waals surface area contributed by atoms with Crippen molar-refractivity contribution < 1.29 is 0 Å². The van der Waals surface area contributed by atoms with E-state index in [0.717, 1.165) is 23.6 Å². The molecule has 0 saturated heterocycles. The Morgan fingerprint density at radius 1 is 1.47 bits per heavy atom. The molecular formula is C14H21N3. The summed E-state index contributed by atoms with van der Waals surface area (Å²) in [6, 6.07) is 8.55. The SMILES string of the molecule is CC(C1CC1)N(C)Cc1ccccc1C(=N)N. The summed E-state index contributed by atoms with van der Waals surface area (Å²) in [6.07, 6.45) is 2.72. The highest BCUT2D eigenvalue weighted by molar-refractivity contribution is 5.96. The third-order valence-corrected chi connectivity index (χ3v) is 3.73. The topological polar surface area (TPSA) is 53.1 Å². The van der Waals surface area contributed by atoms with E-state index in [9.17, 15) is 0 Å². The van der Waals surface area contributed by atoms with Crippen molar-refractivity contribution in [2.45, 2.75) is 32.4 Å². The lowest BCUT2D eigenvalue weighted by atomic mass is 10.1. The Balaban J connectivity index is 2.09. The van der Waals surface area contributed by atoms with Crippen LogP contribution in [-0.4, -0.2) is 23.8 Å². The van der Waals surface area contributed by atoms with Crippen LogP contribution in [0.5, 0.6) is 0 Å². The van der Waals surface area contributed by atoms with Crippen LogP contribution in [0, 0.1) is 11.3 Å². The van der Waals surface area contributed by atoms with Crippen molar-refractivity contribution in [3.8, 4) is 0 Å². The second-order valence-corrected chi connectivity index (χ2v) is 5.06. The fourth-order valence-electron chi connectivity index (χ4n) is 2.27. The zero-order valence-electron chi connectivity index (χ0n) is 10.6. The molecule has 92 valence electrons. The summed E-state index contributed by atoms with van der Waals surface area (Å²) in [6.45, 7) is 3.15. The summed E-state index contributed by atoms with van der Waals surface area (Å²) in [7, 11) is 2.15. The van der Waals surface area contributed by atoms with Gasteiger partial charge in [0.25, 0.3) is 0 Å². The third kappa shape index (κ3) is 2.86. The lowest BCUT2D eigenvalue weighted by molar-refractivity contribution is 0.226. The van der Waals surface area contributed by atoms with Crippen molar-refractivity contribution in [2.24, 2.45) is 11.7 Å². The first-order valence-electron chi connectivity index (χ1n) is 6.22. The molecule has 2 rings (SSSR count). The first-order valence-corrected chi connectivity index (χ1v) is 6.22. The van der Waals surface area contributed by atoms with Crippen LogP contribution in [0.25, 0.3) is 0 Å². The Labute approximate surface area is 103 Å². The van der Waals surface area contributed by atoms with Gasteiger partial charge in [0, 0.05) is 18.2 Å². The van der Waals surface area contributed by atoms with Gasteiger partial charge < -0.3 is 5.73 Å². The number of nitrogen functional groups attached to an aromatic ring is 1. The molecule has 1 unspecified atom stereocenters. The molecule has 1 saturated carbocycles. The molecule has 0 radical (unpaired) electrons. The predicted octanol–water partition coefficient (Wildman–Crippen LogP) is 2.20. The minimum absolute atomic E-state index is 0.160. The maximum atomic E-state index is 7.58. The van der Waals surface area contributed by atoms with Gasteiger partial charge in [0.2, 0.25) is 0 Å². The first-order chi connectivity index (χ1) is 8.09. The Kier molecular flexibility index (Phi) is 3.48. The van der Waals surface area contributed by atoms with E-state index >= 15 is 0 Å². The summed E-state index contributed by atoms with van der Waals surface area (Å²) in [5, 5.41) is 7.58. The van der Waals surface area contributed by atoms with Gasteiger partial charge in [-0.2, -0.15) is 0 Å². The molecule has 0 amide bonds. The number of nitrogens with zero attached hydrogens (tertiary/aromatic N) is 1. The van der Waals surface area contributed by atoms with Crippen molar-refractivity contribution in [1.82, 2.24) is 4.90 Å². The first kappa shape index (κ1) is 12.1. The van der Waals surface area contributed by atoms with E-state index in [1.807, 2.05) is 18.2 Å². The van der Waals surface area contributed by atoms with Crippen LogP contribution >= 0.6 is 0 Å². The second-order valence-electron chi connectivity index (χ2n) is 5.06. The zero-order chi connectivity index (χ0) is 12.4. The smallest absolute Gasteiger partial charge is 0.123 e. The molecule has 0 aliphatic heterocycles. The number of benzene rings is 1. The van der Waals surface area contributed by atoms with Crippen molar-refractivity contribution in [3.05, 3.63) is 35.4 Å². The minimum Gasteiger partial charge on any atom is -0.384 e. The standard InChI is InChI=1S/C14H21N3/c1-10(11-7-8-11)17(2)9-12-5-3-4-6-13(12)14(15)16/h3-6,10-11H,7-9H2,1-2H3,(H3,15,16). The number of amidine groups is 1. The van der Waals surface area contributed by atoms with Crippen LogP contribution in [0.4, 0.5) is 0 Å². The predicted molar refractivity (Wildman–Crippen MR) is 71.1 cm³/mol. The van der Waals surface area contributed by atoms with Crippen LogP contribution in [-0.2, 0) is 6.54 Å². The highest BCUT2D eigenvalue weighted by atomic mass is 15.1. The molecule has 3 heteroatoms. The Morgan fingerprint density at radius 3 is 2.71 bits per heavy atom. The number of nitrogens with two attached hydrogens (primary N) is 1. The lowest BCUT2D eigenvalue weighted by Gasteiger charge is -2.25. The van der Waals surface area contributed by atoms with Crippen molar-refractivity contribution >= 4 is 5.84 Å². The Bertz CT molecular complexity index is 410. The van der Waals surface area contributed by atoms with Gasteiger partial charge in [-0.1, -0.05) is 24.3 Å². The minimum atomic E-state index is 0.160. The lowest BCUT2D eigenvalue weighted by Crippen LogP contribution is -2.31. The van der Waals surface area contributed by atoms with Crippen LogP contribution < -0.4 is 5.73 Å². The van der Waals surface area contributed by atoms with Gasteiger partial charge in [0.05, 0.1) is 0 Å². The number of nitrogens with one attached hydrogen (secondary N) is 1. The molecule has 3 nitrogen and oxygen atoms in total. The van der Waals surface area contributed by atoms with Gasteiger partial charge in [-0.15, -0.1) is 0 Å². The molecule has 1 aliphatic carbocycles. The summed E-state index contributed by atoms with van der Waals surface area (Å²) < 4.78 is 0. The van der Waals surface area contributed by atoms with E-state index in [0.29, 0.717) is 6.04 Å². The molecule has 1 aromatic rings. The van der Waals surface area contributed by atoms with Crippen molar-refractivity contribution in [1.29, 1.82) is 5.41 Å². The largest absolute Gasteiger partial charge is 0.384 e. The van der Waals surface area contributed by atoms with Gasteiger partial charge in [0.15, 0.2) is 0 Å². The highest BCUT2D eigenvalue weighted by Crippen LogP contribution is 2.35. The monoisotopic (exact) mass is 231 g/mol. The van der Waals surface area contributed by atoms with Crippen LogP contribution in [0.1, 0.15) is 30.9 Å². The highest BCUT2D eigenvalue weighted by Gasteiger charge is 2.30. The second kappa shape index (κ2) is 4.88. The Hall–Kier alpha value is -1.35. The number of hydrogen-bond donors (Lipinski definition) is 2. The van der Waals surface area contributed by atoms with E-state index in [-0.39, 0.29) is 5.84 Å². The third-order valence-electron chi connectivity index (χ3n) is 3.73. The summed E-state index contributed by atoms with van der Waals surface area (Å²) in [5.74, 6) is 1.03. The zero-order valence-corrected chi connectivity index (χ0v) is 10.6. The van der Waals surface area contributed by atoms with Crippen LogP contribution in [0.15, 0.2) is 24.3 Å². The number of rotatable bonds is 5. The average molecular weight is 231 g/mol. The van der Waals surface area contributed by atoms with Gasteiger partial charge in [-0.25, -0.2) is 0 Å². The van der Waals surface area contributed by atoms with E-state index < -0.39 is 0 Å². The fraction of sp³-hybridized carbons (Fsp3) is 0.500. The molecule has 1 aromatic carbocycles. The van der Waals surface area contributed by atoms with Gasteiger partial charge in [-0.05, 0) is 38.3 Å². The van der Waals surface area contributed by atoms with E-state index in [1.165, 1.54) is 12.8 Å². The number of hydrogen-bond acceptors (Lipinski definition) is 2. The van der Waals surface area contributed by atoms with E-state index in [1.54, 1.807) is 0 Å². The molecule has 0 heterocycles. The normalized spacial score (nSPS) is 17.1. The van der Waals surface area contributed by atoms with Crippen LogP contribution in [0.2, 0.25) is 0 Å². The Morgan fingerprint density at radius 2 is 2.12 bits per heavy atom. The average Bonchev–Trinajstić information content (AvgIpc) is 3.12. The fourth-order valence-corrected chi connectivity index (χ4v) is 2.27. The maximum Gasteiger partial charge on any atom is 0.123 e. The van der Waals surface area contributed by atoms with E-state index in [2.05, 4.69) is 24.9 Å². The van der Waals surface area contributed by atoms with Gasteiger partial charge >= 0.3 is 0 Å². The quantitative estimate of drug-likeness (QED) is 0.603. The van der Waals surface area contributed by atoms with Gasteiger partial charge in [0.1, 0.15) is 5.84 Å². The molecule has 0 spiro atoms. The summed E-state index contributed by atoms with van der Waals surface area (Å²) in [4.78, 5) is 2.36. The van der Waals surface area contributed by atoms with E-state index in [4.69, 9.17) is 11.1 Å². The molecule has 1 aliphatic rings. The maximum absolute atomic E-state index is 7.58. The van der Waals surface area contributed by atoms with Gasteiger partial charge in [-0.3, -0.25) is 10.3 Å². The molecule has 0 bridgehead atoms. The molecule has 1 atom stereocenters. The molecule has 17 heavy (non-hydrogen) atoms. The molecule has 3 N–H and O–H groups in total. The van der Waals surface area contributed by atoms with Crippen LogP contribution in [0.3, 0.4) is 0 Å². The summed E-state index contributed by atoms with van der Waals surface area (Å²) in [5.41, 5.74) is 7.61. The molecule has 0 aromatic heterocycles. The molecule has 1 fully saturated rings. The molecular weight excluding hydrogens is 210 g/mol. The summed E-state index contributed by atoms with van der Waals surface area (Å²) >= 11 is 0. The van der Waals surface area contributed by atoms with Crippen molar-refractivity contribution in [2.75, 3.05) is 7.05 Å². The van der Waals surface area contributed by atoms with Crippen molar-refractivity contribution in [3.63, 3.8) is 0 Å².